The normalized spacial score (nSPS) is 10.5. The number of benzene rings is 1. The highest BCUT2D eigenvalue weighted by Gasteiger charge is 2.04. The van der Waals surface area contributed by atoms with E-state index in [9.17, 15) is 4.79 Å². The Morgan fingerprint density at radius 2 is 2.00 bits per heavy atom. The van der Waals surface area contributed by atoms with Crippen molar-refractivity contribution in [3.05, 3.63) is 59.4 Å². The van der Waals surface area contributed by atoms with Gasteiger partial charge in [0.05, 0.1) is 5.56 Å². The standard InChI is InChI=1S/C13H14N2O2S/c16-13(17)11-5-3-10(4-6-11)9-15-7-1-2-12(15)8-14-18/h1-7,14,18H,8-9H2,(H,16,17). The maximum absolute atomic E-state index is 10.7. The number of aromatic carboxylic acids is 1. The maximum atomic E-state index is 10.7. The number of hydrogen-bond donors (Lipinski definition) is 3. The zero-order chi connectivity index (χ0) is 13.0. The van der Waals surface area contributed by atoms with Crippen LogP contribution in [-0.2, 0) is 13.1 Å². The smallest absolute Gasteiger partial charge is 0.335 e. The topological polar surface area (TPSA) is 54.3 Å². The van der Waals surface area contributed by atoms with E-state index in [1.165, 1.54) is 0 Å². The van der Waals surface area contributed by atoms with Gasteiger partial charge in [0.25, 0.3) is 0 Å². The highest BCUT2D eigenvalue weighted by Crippen LogP contribution is 2.10. The highest BCUT2D eigenvalue weighted by atomic mass is 32.1. The molecule has 5 heteroatoms. The lowest BCUT2D eigenvalue weighted by atomic mass is 10.1. The van der Waals surface area contributed by atoms with E-state index in [2.05, 4.69) is 22.1 Å². The molecule has 1 aromatic carbocycles. The third kappa shape index (κ3) is 2.94. The fraction of sp³-hybridized carbons (Fsp3) is 0.154. The number of carboxylic acid groups (broad SMARTS) is 1. The number of aromatic nitrogens is 1. The molecule has 4 nitrogen and oxygen atoms in total. The van der Waals surface area contributed by atoms with E-state index < -0.39 is 5.97 Å². The molecule has 0 saturated carbocycles. The number of carboxylic acids is 1. The van der Waals surface area contributed by atoms with Gasteiger partial charge in [0, 0.05) is 25.0 Å². The molecule has 18 heavy (non-hydrogen) atoms. The van der Waals surface area contributed by atoms with Gasteiger partial charge in [0.1, 0.15) is 0 Å². The summed E-state index contributed by atoms with van der Waals surface area (Å²) >= 11 is 3.99. The molecule has 0 saturated heterocycles. The van der Waals surface area contributed by atoms with E-state index >= 15 is 0 Å². The summed E-state index contributed by atoms with van der Waals surface area (Å²) in [5.41, 5.74) is 2.51. The van der Waals surface area contributed by atoms with Crippen molar-refractivity contribution in [2.24, 2.45) is 0 Å². The molecule has 0 atom stereocenters. The van der Waals surface area contributed by atoms with Gasteiger partial charge in [0.2, 0.25) is 0 Å². The van der Waals surface area contributed by atoms with E-state index in [-0.39, 0.29) is 0 Å². The molecule has 0 unspecified atom stereocenters. The van der Waals surface area contributed by atoms with E-state index in [0.717, 1.165) is 17.8 Å². The predicted octanol–water partition coefficient (Wildman–Crippen LogP) is 2.17. The van der Waals surface area contributed by atoms with Crippen LogP contribution in [0.2, 0.25) is 0 Å². The largest absolute Gasteiger partial charge is 0.478 e. The first-order valence-corrected chi connectivity index (χ1v) is 5.98. The molecule has 2 N–H and O–H groups in total. The van der Waals surface area contributed by atoms with Crippen molar-refractivity contribution in [3.63, 3.8) is 0 Å². The summed E-state index contributed by atoms with van der Waals surface area (Å²) in [7, 11) is 0. The lowest BCUT2D eigenvalue weighted by molar-refractivity contribution is 0.0697. The van der Waals surface area contributed by atoms with Crippen molar-refractivity contribution in [2.45, 2.75) is 13.1 Å². The number of nitrogens with one attached hydrogen (secondary N) is 1. The Kier molecular flexibility index (Phi) is 4.07. The van der Waals surface area contributed by atoms with E-state index in [0.29, 0.717) is 12.1 Å². The molecule has 0 fully saturated rings. The highest BCUT2D eigenvalue weighted by molar-refractivity contribution is 7.78. The van der Waals surface area contributed by atoms with Gasteiger partial charge in [-0.1, -0.05) is 24.9 Å². The minimum absolute atomic E-state index is 0.309. The van der Waals surface area contributed by atoms with Crippen LogP contribution in [-0.4, -0.2) is 15.6 Å². The van der Waals surface area contributed by atoms with Crippen LogP contribution in [0.25, 0.3) is 0 Å². The number of thiol groups is 1. The van der Waals surface area contributed by atoms with Crippen LogP contribution < -0.4 is 4.72 Å². The van der Waals surface area contributed by atoms with Crippen LogP contribution in [0.3, 0.4) is 0 Å². The molecule has 0 aliphatic heterocycles. The van der Waals surface area contributed by atoms with Crippen LogP contribution in [0.4, 0.5) is 0 Å². The zero-order valence-corrected chi connectivity index (χ0v) is 10.6. The molecule has 0 bridgehead atoms. The number of rotatable bonds is 5. The molecule has 0 aliphatic rings. The Morgan fingerprint density at radius 1 is 1.28 bits per heavy atom. The minimum Gasteiger partial charge on any atom is -0.478 e. The summed E-state index contributed by atoms with van der Waals surface area (Å²) in [5.74, 6) is -0.900. The van der Waals surface area contributed by atoms with Crippen LogP contribution in [0, 0.1) is 0 Å². The molecular weight excluding hydrogens is 248 g/mol. The molecule has 1 heterocycles. The van der Waals surface area contributed by atoms with Gasteiger partial charge in [-0.2, -0.15) is 0 Å². The molecule has 0 amide bonds. The lowest BCUT2D eigenvalue weighted by Crippen LogP contribution is -2.08. The number of nitrogens with zero attached hydrogens (tertiary/aromatic N) is 1. The van der Waals surface area contributed by atoms with E-state index in [1.54, 1.807) is 12.1 Å². The van der Waals surface area contributed by atoms with Gasteiger partial charge in [-0.15, -0.1) is 0 Å². The molecule has 0 spiro atoms. The monoisotopic (exact) mass is 262 g/mol. The second kappa shape index (κ2) is 5.75. The Hall–Kier alpha value is -1.72. The van der Waals surface area contributed by atoms with Crippen molar-refractivity contribution in [3.8, 4) is 0 Å². The molecule has 94 valence electrons. The van der Waals surface area contributed by atoms with Crippen LogP contribution in [0.5, 0.6) is 0 Å². The maximum Gasteiger partial charge on any atom is 0.335 e. The van der Waals surface area contributed by atoms with Crippen molar-refractivity contribution < 1.29 is 9.90 Å². The molecule has 2 aromatic rings. The Bertz CT molecular complexity index is 534. The molecular formula is C13H14N2O2S. The summed E-state index contributed by atoms with van der Waals surface area (Å²) in [6.45, 7) is 1.40. The summed E-state index contributed by atoms with van der Waals surface area (Å²) in [4.78, 5) is 10.7. The molecule has 1 aromatic heterocycles. The van der Waals surface area contributed by atoms with Gasteiger partial charge in [-0.3, -0.25) is 4.72 Å². The molecule has 0 aliphatic carbocycles. The van der Waals surface area contributed by atoms with Crippen LogP contribution in [0.1, 0.15) is 21.6 Å². The van der Waals surface area contributed by atoms with Crippen LogP contribution >= 0.6 is 12.8 Å². The first-order chi connectivity index (χ1) is 8.70. The minimum atomic E-state index is -0.900. The summed E-state index contributed by atoms with van der Waals surface area (Å²) in [6, 6.07) is 10.9. The van der Waals surface area contributed by atoms with Gasteiger partial charge in [0.15, 0.2) is 0 Å². The zero-order valence-electron chi connectivity index (χ0n) is 9.71. The average Bonchev–Trinajstić information content (AvgIpc) is 2.78. The van der Waals surface area contributed by atoms with Gasteiger partial charge in [-0.05, 0) is 29.8 Å². The fourth-order valence-electron chi connectivity index (χ4n) is 1.79. The van der Waals surface area contributed by atoms with E-state index in [4.69, 9.17) is 5.11 Å². The summed E-state index contributed by atoms with van der Waals surface area (Å²) < 4.78 is 4.91. The Morgan fingerprint density at radius 3 is 2.61 bits per heavy atom. The second-order valence-electron chi connectivity index (χ2n) is 3.96. The van der Waals surface area contributed by atoms with Gasteiger partial charge >= 0.3 is 5.97 Å². The van der Waals surface area contributed by atoms with Crippen molar-refractivity contribution in [1.29, 1.82) is 0 Å². The fourth-order valence-corrected chi connectivity index (χ4v) is 1.96. The first-order valence-electron chi connectivity index (χ1n) is 5.54. The number of hydrogen-bond acceptors (Lipinski definition) is 3. The first kappa shape index (κ1) is 12.7. The van der Waals surface area contributed by atoms with Crippen molar-refractivity contribution in [1.82, 2.24) is 9.29 Å². The lowest BCUT2D eigenvalue weighted by Gasteiger charge is -2.09. The Balaban J connectivity index is 2.13. The third-order valence-corrected chi connectivity index (χ3v) is 2.90. The van der Waals surface area contributed by atoms with Crippen LogP contribution in [0.15, 0.2) is 42.6 Å². The van der Waals surface area contributed by atoms with Gasteiger partial charge in [-0.25, -0.2) is 4.79 Å². The predicted molar refractivity (Wildman–Crippen MR) is 72.8 cm³/mol. The second-order valence-corrected chi connectivity index (χ2v) is 4.28. The third-order valence-electron chi connectivity index (χ3n) is 2.74. The van der Waals surface area contributed by atoms with Crippen molar-refractivity contribution in [2.75, 3.05) is 0 Å². The number of carbonyl (C=O) groups is 1. The van der Waals surface area contributed by atoms with E-state index in [1.807, 2.05) is 30.5 Å². The SMILES string of the molecule is O=C(O)c1ccc(Cn2cccc2CNS)cc1. The quantitative estimate of drug-likeness (QED) is 0.724. The average molecular weight is 262 g/mol. The molecule has 0 radical (unpaired) electrons. The Labute approximate surface area is 111 Å². The van der Waals surface area contributed by atoms with Crippen molar-refractivity contribution >= 4 is 18.8 Å². The molecule has 2 rings (SSSR count). The summed E-state index contributed by atoms with van der Waals surface area (Å²) in [6.07, 6.45) is 1.99. The van der Waals surface area contributed by atoms with Gasteiger partial charge < -0.3 is 9.67 Å². The summed E-state index contributed by atoms with van der Waals surface area (Å²) in [5, 5.41) is 8.82.